The Morgan fingerprint density at radius 3 is 2.31 bits per heavy atom. The quantitative estimate of drug-likeness (QED) is 0.258. The van der Waals surface area contributed by atoms with Crippen LogP contribution in [0.15, 0.2) is 78.9 Å². The lowest BCUT2D eigenvalue weighted by atomic mass is 10.1. The van der Waals surface area contributed by atoms with Gasteiger partial charge in [0, 0.05) is 19.6 Å². The number of alkyl carbamates (subject to hydrolysis) is 1. The third kappa shape index (κ3) is 9.86. The summed E-state index contributed by atoms with van der Waals surface area (Å²) in [7, 11) is -3.74. The summed E-state index contributed by atoms with van der Waals surface area (Å²) in [5.41, 5.74) is 3.39. The first-order valence-electron chi connectivity index (χ1n) is 13.9. The van der Waals surface area contributed by atoms with Crippen molar-refractivity contribution in [2.45, 2.75) is 38.4 Å². The van der Waals surface area contributed by atoms with Crippen LogP contribution in [0.3, 0.4) is 0 Å². The molecule has 3 aromatic rings. The van der Waals surface area contributed by atoms with Crippen LogP contribution >= 0.6 is 0 Å². The summed E-state index contributed by atoms with van der Waals surface area (Å²) < 4.78 is 44.8. The number of hydrogen-bond donors (Lipinski definition) is 2. The van der Waals surface area contributed by atoms with Crippen LogP contribution in [0.2, 0.25) is 0 Å². The zero-order valence-corrected chi connectivity index (χ0v) is 24.5. The zero-order valence-electron chi connectivity index (χ0n) is 23.7. The molecule has 224 valence electrons. The van der Waals surface area contributed by atoms with Crippen molar-refractivity contribution in [3.8, 4) is 5.75 Å². The van der Waals surface area contributed by atoms with Gasteiger partial charge >= 0.3 is 6.09 Å². The molecule has 1 saturated heterocycles. The molecular weight excluding hydrogens is 558 g/mol. The number of rotatable bonds is 15. The summed E-state index contributed by atoms with van der Waals surface area (Å²) in [4.78, 5) is 26.1. The molecule has 0 aliphatic carbocycles. The topological polar surface area (TPSA) is 123 Å². The number of amides is 2. The van der Waals surface area contributed by atoms with E-state index in [0.717, 1.165) is 16.7 Å². The Morgan fingerprint density at radius 1 is 0.929 bits per heavy atom. The molecule has 0 aromatic heterocycles. The molecule has 2 N–H and O–H groups in total. The first kappa shape index (κ1) is 31.0. The largest absolute Gasteiger partial charge is 0.489 e. The van der Waals surface area contributed by atoms with Crippen LogP contribution in [-0.2, 0) is 43.3 Å². The smallest absolute Gasteiger partial charge is 0.407 e. The molecule has 0 saturated carbocycles. The molecule has 1 aliphatic heterocycles. The SMILES string of the molecule is Cc1cc(CS(=O)(=O)N[C@H]2CCN(CCOCCNC(=O)OCc3ccccc3)C2=O)ccc1OCc1ccccc1. The third-order valence-electron chi connectivity index (χ3n) is 6.69. The molecule has 4 rings (SSSR count). The number of aryl methyl sites for hydroxylation is 1. The van der Waals surface area contributed by atoms with Gasteiger partial charge in [-0.15, -0.1) is 0 Å². The molecule has 42 heavy (non-hydrogen) atoms. The Morgan fingerprint density at radius 2 is 1.62 bits per heavy atom. The fourth-order valence-electron chi connectivity index (χ4n) is 4.52. The Balaban J connectivity index is 1.12. The van der Waals surface area contributed by atoms with Crippen LogP contribution in [0, 0.1) is 6.92 Å². The number of likely N-dealkylation sites (tertiary alicyclic amines) is 1. The summed E-state index contributed by atoms with van der Waals surface area (Å²) in [6.07, 6.45) is -0.146. The fraction of sp³-hybridized carbons (Fsp3) is 0.355. The van der Waals surface area contributed by atoms with Crippen LogP contribution < -0.4 is 14.8 Å². The van der Waals surface area contributed by atoms with Crippen molar-refractivity contribution >= 4 is 22.0 Å². The van der Waals surface area contributed by atoms with Crippen molar-refractivity contribution in [3.05, 3.63) is 101 Å². The minimum atomic E-state index is -3.74. The van der Waals surface area contributed by atoms with Gasteiger partial charge in [-0.3, -0.25) is 4.79 Å². The van der Waals surface area contributed by atoms with Crippen molar-refractivity contribution < 1.29 is 32.2 Å². The summed E-state index contributed by atoms with van der Waals surface area (Å²) in [5, 5.41) is 2.61. The number of carbonyl (C=O) groups is 2. The highest BCUT2D eigenvalue weighted by atomic mass is 32.2. The number of nitrogens with one attached hydrogen (secondary N) is 2. The van der Waals surface area contributed by atoms with Crippen LogP contribution in [-0.4, -0.2) is 64.2 Å². The molecule has 11 heteroatoms. The Hall–Kier alpha value is -3.93. The molecule has 1 fully saturated rings. The normalized spacial score (nSPS) is 15.0. The van der Waals surface area contributed by atoms with Crippen molar-refractivity contribution in [2.75, 3.05) is 32.8 Å². The Bertz CT molecular complexity index is 1420. The average Bonchev–Trinajstić information content (AvgIpc) is 3.31. The molecule has 3 aromatic carbocycles. The summed E-state index contributed by atoms with van der Waals surface area (Å²) in [5.74, 6) is 0.182. The second kappa shape index (κ2) is 15.3. The van der Waals surface area contributed by atoms with E-state index < -0.39 is 22.2 Å². The fourth-order valence-corrected chi connectivity index (χ4v) is 5.88. The predicted octanol–water partition coefficient (Wildman–Crippen LogP) is 3.54. The summed E-state index contributed by atoms with van der Waals surface area (Å²) in [6.45, 7) is 4.04. The van der Waals surface area contributed by atoms with Gasteiger partial charge in [-0.2, -0.15) is 0 Å². The molecule has 1 heterocycles. The predicted molar refractivity (Wildman–Crippen MR) is 158 cm³/mol. The van der Waals surface area contributed by atoms with Gasteiger partial charge in [0.05, 0.1) is 19.0 Å². The standard InChI is InChI=1S/C31H37N3O7S/c1-24-20-27(12-13-29(24)40-21-25-8-4-2-5-9-25)23-42(37,38)33-28-14-16-34(30(28)35)17-19-39-18-15-32-31(36)41-22-26-10-6-3-7-11-26/h2-13,20,28,33H,14-19,21-23H2,1H3,(H,32,36)/t28-/m0/s1. The Labute approximate surface area is 247 Å². The van der Waals surface area contributed by atoms with Crippen molar-refractivity contribution in [1.29, 1.82) is 0 Å². The average molecular weight is 596 g/mol. The van der Waals surface area contributed by atoms with E-state index in [9.17, 15) is 18.0 Å². The molecule has 1 aliphatic rings. The number of nitrogens with zero attached hydrogens (tertiary/aromatic N) is 1. The van der Waals surface area contributed by atoms with E-state index in [0.29, 0.717) is 37.4 Å². The van der Waals surface area contributed by atoms with Gasteiger partial charge in [0.1, 0.15) is 25.0 Å². The second-order valence-corrected chi connectivity index (χ2v) is 11.8. The number of ether oxygens (including phenoxy) is 3. The van der Waals surface area contributed by atoms with Crippen LogP contribution in [0.5, 0.6) is 5.75 Å². The lowest BCUT2D eigenvalue weighted by molar-refractivity contribution is -0.129. The van der Waals surface area contributed by atoms with E-state index in [-0.39, 0.29) is 38.0 Å². The minimum Gasteiger partial charge on any atom is -0.489 e. The van der Waals surface area contributed by atoms with Gasteiger partial charge < -0.3 is 24.4 Å². The van der Waals surface area contributed by atoms with E-state index in [1.807, 2.05) is 67.6 Å². The number of hydrogen-bond acceptors (Lipinski definition) is 7. The summed E-state index contributed by atoms with van der Waals surface area (Å²) in [6, 6.07) is 23.7. The van der Waals surface area contributed by atoms with E-state index in [1.165, 1.54) is 0 Å². The highest BCUT2D eigenvalue weighted by Crippen LogP contribution is 2.22. The van der Waals surface area contributed by atoms with Gasteiger partial charge in [0.2, 0.25) is 15.9 Å². The maximum Gasteiger partial charge on any atom is 0.407 e. The number of carbonyl (C=O) groups excluding carboxylic acids is 2. The molecule has 10 nitrogen and oxygen atoms in total. The highest BCUT2D eigenvalue weighted by Gasteiger charge is 2.34. The maximum absolute atomic E-state index is 12.8. The van der Waals surface area contributed by atoms with Gasteiger partial charge in [-0.05, 0) is 41.7 Å². The Kier molecular flexibility index (Phi) is 11.3. The van der Waals surface area contributed by atoms with Crippen LogP contribution in [0.1, 0.15) is 28.7 Å². The molecule has 0 radical (unpaired) electrons. The van der Waals surface area contributed by atoms with Crippen molar-refractivity contribution in [1.82, 2.24) is 14.9 Å². The van der Waals surface area contributed by atoms with Crippen molar-refractivity contribution in [2.24, 2.45) is 0 Å². The summed E-state index contributed by atoms with van der Waals surface area (Å²) >= 11 is 0. The van der Waals surface area contributed by atoms with Crippen LogP contribution in [0.25, 0.3) is 0 Å². The first-order chi connectivity index (χ1) is 20.3. The van der Waals surface area contributed by atoms with E-state index >= 15 is 0 Å². The molecular formula is C31H37N3O7S. The second-order valence-electron chi connectivity index (χ2n) is 10.0. The van der Waals surface area contributed by atoms with E-state index in [4.69, 9.17) is 14.2 Å². The minimum absolute atomic E-state index is 0.186. The number of benzene rings is 3. The lowest BCUT2D eigenvalue weighted by Gasteiger charge is -2.17. The highest BCUT2D eigenvalue weighted by molar-refractivity contribution is 7.88. The maximum atomic E-state index is 12.8. The van der Waals surface area contributed by atoms with E-state index in [1.54, 1.807) is 23.1 Å². The molecule has 0 unspecified atom stereocenters. The third-order valence-corrected chi connectivity index (χ3v) is 8.04. The van der Waals surface area contributed by atoms with Gasteiger partial charge in [-0.25, -0.2) is 17.9 Å². The van der Waals surface area contributed by atoms with Gasteiger partial charge in [-0.1, -0.05) is 72.8 Å². The molecule has 0 spiro atoms. The van der Waals surface area contributed by atoms with E-state index in [2.05, 4.69) is 10.0 Å². The zero-order chi connectivity index (χ0) is 29.8. The molecule has 1 atom stereocenters. The van der Waals surface area contributed by atoms with Crippen molar-refractivity contribution in [3.63, 3.8) is 0 Å². The molecule has 0 bridgehead atoms. The molecule has 2 amide bonds. The monoisotopic (exact) mass is 595 g/mol. The number of sulfonamides is 1. The van der Waals surface area contributed by atoms with Crippen LogP contribution in [0.4, 0.5) is 4.79 Å². The van der Waals surface area contributed by atoms with Gasteiger partial charge in [0.25, 0.3) is 0 Å². The van der Waals surface area contributed by atoms with Gasteiger partial charge in [0.15, 0.2) is 0 Å². The lowest BCUT2D eigenvalue weighted by Crippen LogP contribution is -2.42. The first-order valence-corrected chi connectivity index (χ1v) is 15.5.